The second kappa shape index (κ2) is 5.71. The third-order valence-electron chi connectivity index (χ3n) is 2.41. The SMILES string of the molecule is COc1ccccc1Oc1ccc([N+](=O)[O-])c(Br)c1. The Labute approximate surface area is 118 Å². The largest absolute Gasteiger partial charge is 0.493 e. The quantitative estimate of drug-likeness (QED) is 0.626. The number of benzene rings is 2. The molecule has 0 bridgehead atoms. The van der Waals surface area contributed by atoms with Crippen LogP contribution < -0.4 is 9.47 Å². The fourth-order valence-electron chi connectivity index (χ4n) is 1.53. The molecule has 2 rings (SSSR count). The molecule has 0 aliphatic carbocycles. The topological polar surface area (TPSA) is 61.6 Å². The van der Waals surface area contributed by atoms with Crippen molar-refractivity contribution >= 4 is 21.6 Å². The summed E-state index contributed by atoms with van der Waals surface area (Å²) in [6, 6.07) is 11.6. The van der Waals surface area contributed by atoms with E-state index < -0.39 is 4.92 Å². The summed E-state index contributed by atoms with van der Waals surface area (Å²) >= 11 is 3.14. The average molecular weight is 324 g/mol. The Kier molecular flexibility index (Phi) is 4.01. The number of rotatable bonds is 4. The van der Waals surface area contributed by atoms with Gasteiger partial charge < -0.3 is 9.47 Å². The molecule has 0 spiro atoms. The fourth-order valence-corrected chi connectivity index (χ4v) is 2.03. The Morgan fingerprint density at radius 1 is 1.16 bits per heavy atom. The Morgan fingerprint density at radius 3 is 2.42 bits per heavy atom. The summed E-state index contributed by atoms with van der Waals surface area (Å²) in [5.41, 5.74) is -0.00706. The van der Waals surface area contributed by atoms with Crippen molar-refractivity contribution in [3.05, 3.63) is 57.1 Å². The molecule has 0 amide bonds. The van der Waals surface area contributed by atoms with Crippen LogP contribution in [0.5, 0.6) is 17.2 Å². The number of para-hydroxylation sites is 2. The standard InChI is InChI=1S/C13H10BrNO4/c1-18-12-4-2-3-5-13(12)19-9-6-7-11(15(16)17)10(14)8-9/h2-8H,1H3. The van der Waals surface area contributed by atoms with Gasteiger partial charge in [-0.1, -0.05) is 12.1 Å². The van der Waals surface area contributed by atoms with Crippen molar-refractivity contribution in [2.24, 2.45) is 0 Å². The van der Waals surface area contributed by atoms with Gasteiger partial charge >= 0.3 is 0 Å². The van der Waals surface area contributed by atoms with E-state index >= 15 is 0 Å². The highest BCUT2D eigenvalue weighted by atomic mass is 79.9. The van der Waals surface area contributed by atoms with Gasteiger partial charge in [0, 0.05) is 12.1 Å². The molecule has 0 saturated heterocycles. The lowest BCUT2D eigenvalue weighted by atomic mass is 10.3. The zero-order valence-corrected chi connectivity index (χ0v) is 11.6. The van der Waals surface area contributed by atoms with Gasteiger partial charge in [-0.3, -0.25) is 10.1 Å². The summed E-state index contributed by atoms with van der Waals surface area (Å²) in [5.74, 6) is 1.63. The van der Waals surface area contributed by atoms with E-state index in [1.165, 1.54) is 12.1 Å². The monoisotopic (exact) mass is 323 g/mol. The Balaban J connectivity index is 2.29. The lowest BCUT2D eigenvalue weighted by molar-refractivity contribution is -0.385. The number of ether oxygens (including phenoxy) is 2. The van der Waals surface area contributed by atoms with Crippen molar-refractivity contribution in [3.8, 4) is 17.2 Å². The van der Waals surface area contributed by atoms with Gasteiger partial charge in [-0.05, 0) is 34.1 Å². The molecule has 0 unspecified atom stereocenters. The van der Waals surface area contributed by atoms with Crippen LogP contribution >= 0.6 is 15.9 Å². The van der Waals surface area contributed by atoms with Crippen LogP contribution in [0.4, 0.5) is 5.69 Å². The predicted octanol–water partition coefficient (Wildman–Crippen LogP) is 4.16. The van der Waals surface area contributed by atoms with Gasteiger partial charge in [-0.25, -0.2) is 0 Å². The lowest BCUT2D eigenvalue weighted by Crippen LogP contribution is -1.92. The van der Waals surface area contributed by atoms with E-state index in [2.05, 4.69) is 15.9 Å². The number of nitro groups is 1. The smallest absolute Gasteiger partial charge is 0.283 e. The van der Waals surface area contributed by atoms with Crippen LogP contribution in [0.1, 0.15) is 0 Å². The lowest BCUT2D eigenvalue weighted by Gasteiger charge is -2.10. The molecule has 0 N–H and O–H groups in total. The molecule has 0 radical (unpaired) electrons. The van der Waals surface area contributed by atoms with Gasteiger partial charge in [-0.15, -0.1) is 0 Å². The Morgan fingerprint density at radius 2 is 1.84 bits per heavy atom. The van der Waals surface area contributed by atoms with E-state index in [9.17, 15) is 10.1 Å². The van der Waals surface area contributed by atoms with Gasteiger partial charge in [0.25, 0.3) is 5.69 Å². The molecule has 0 aliphatic rings. The van der Waals surface area contributed by atoms with Gasteiger partial charge in [0.05, 0.1) is 16.5 Å². The third-order valence-corrected chi connectivity index (χ3v) is 3.05. The van der Waals surface area contributed by atoms with Gasteiger partial charge in [-0.2, -0.15) is 0 Å². The number of nitro benzene ring substituents is 1. The minimum atomic E-state index is -0.461. The maximum Gasteiger partial charge on any atom is 0.283 e. The van der Waals surface area contributed by atoms with Crippen LogP contribution in [-0.2, 0) is 0 Å². The molecule has 0 saturated carbocycles. The maximum atomic E-state index is 10.7. The summed E-state index contributed by atoms with van der Waals surface area (Å²) < 4.78 is 11.2. The fraction of sp³-hybridized carbons (Fsp3) is 0.0769. The van der Waals surface area contributed by atoms with Gasteiger partial charge in [0.2, 0.25) is 0 Å². The molecule has 0 atom stereocenters. The minimum Gasteiger partial charge on any atom is -0.493 e. The molecule has 0 aromatic heterocycles. The summed E-state index contributed by atoms with van der Waals surface area (Å²) in [7, 11) is 1.55. The van der Waals surface area contributed by atoms with Crippen molar-refractivity contribution in [2.75, 3.05) is 7.11 Å². The first-order valence-electron chi connectivity index (χ1n) is 5.36. The van der Waals surface area contributed by atoms with Crippen molar-refractivity contribution in [1.82, 2.24) is 0 Å². The van der Waals surface area contributed by atoms with Crippen LogP contribution in [0.3, 0.4) is 0 Å². The minimum absolute atomic E-state index is 0.00706. The van der Waals surface area contributed by atoms with E-state index in [1.54, 1.807) is 25.3 Å². The van der Waals surface area contributed by atoms with Crippen LogP contribution in [0.2, 0.25) is 0 Å². The van der Waals surface area contributed by atoms with Crippen LogP contribution in [0.15, 0.2) is 46.9 Å². The number of halogens is 1. The van der Waals surface area contributed by atoms with E-state index in [0.717, 1.165) is 0 Å². The predicted molar refractivity (Wildman–Crippen MR) is 73.9 cm³/mol. The molecule has 6 heteroatoms. The van der Waals surface area contributed by atoms with E-state index in [1.807, 2.05) is 12.1 Å². The molecule has 0 heterocycles. The van der Waals surface area contributed by atoms with E-state index in [0.29, 0.717) is 21.7 Å². The van der Waals surface area contributed by atoms with E-state index in [-0.39, 0.29) is 5.69 Å². The summed E-state index contributed by atoms with van der Waals surface area (Å²) in [4.78, 5) is 10.2. The number of methoxy groups -OCH3 is 1. The first-order chi connectivity index (χ1) is 9.11. The maximum absolute atomic E-state index is 10.7. The number of nitrogens with zero attached hydrogens (tertiary/aromatic N) is 1. The molecule has 2 aromatic carbocycles. The molecule has 0 fully saturated rings. The zero-order chi connectivity index (χ0) is 13.8. The van der Waals surface area contributed by atoms with Gasteiger partial charge in [0.1, 0.15) is 5.75 Å². The molecule has 5 nitrogen and oxygen atoms in total. The molecule has 98 valence electrons. The van der Waals surface area contributed by atoms with Crippen molar-refractivity contribution in [1.29, 1.82) is 0 Å². The molecular formula is C13H10BrNO4. The molecule has 0 aliphatic heterocycles. The Bertz CT molecular complexity index is 615. The summed E-state index contributed by atoms with van der Waals surface area (Å²) in [6.07, 6.45) is 0. The highest BCUT2D eigenvalue weighted by Gasteiger charge is 2.13. The second-order valence-electron chi connectivity index (χ2n) is 3.62. The highest BCUT2D eigenvalue weighted by Crippen LogP contribution is 2.34. The second-order valence-corrected chi connectivity index (χ2v) is 4.48. The number of hydrogen-bond acceptors (Lipinski definition) is 4. The Hall–Kier alpha value is -2.08. The highest BCUT2D eigenvalue weighted by molar-refractivity contribution is 9.10. The van der Waals surface area contributed by atoms with Crippen molar-refractivity contribution < 1.29 is 14.4 Å². The average Bonchev–Trinajstić information content (AvgIpc) is 2.39. The number of hydrogen-bond donors (Lipinski definition) is 0. The van der Waals surface area contributed by atoms with E-state index in [4.69, 9.17) is 9.47 Å². The van der Waals surface area contributed by atoms with Crippen LogP contribution in [-0.4, -0.2) is 12.0 Å². The zero-order valence-electron chi connectivity index (χ0n) is 10.00. The molecule has 2 aromatic rings. The summed E-state index contributed by atoms with van der Waals surface area (Å²) in [5, 5.41) is 10.7. The molecular weight excluding hydrogens is 314 g/mol. The van der Waals surface area contributed by atoms with Crippen LogP contribution in [0, 0.1) is 10.1 Å². The van der Waals surface area contributed by atoms with Crippen molar-refractivity contribution in [2.45, 2.75) is 0 Å². The first kappa shape index (κ1) is 13.4. The molecule has 19 heavy (non-hydrogen) atoms. The van der Waals surface area contributed by atoms with Gasteiger partial charge in [0.15, 0.2) is 11.5 Å². The summed E-state index contributed by atoms with van der Waals surface area (Å²) in [6.45, 7) is 0. The third kappa shape index (κ3) is 3.03. The first-order valence-corrected chi connectivity index (χ1v) is 6.16. The normalized spacial score (nSPS) is 10.0. The van der Waals surface area contributed by atoms with Crippen molar-refractivity contribution in [3.63, 3.8) is 0 Å². The van der Waals surface area contributed by atoms with Crippen LogP contribution in [0.25, 0.3) is 0 Å².